The van der Waals surface area contributed by atoms with Gasteiger partial charge in [-0.3, -0.25) is 0 Å². The lowest BCUT2D eigenvalue weighted by Crippen LogP contribution is -2.34. The first-order chi connectivity index (χ1) is 5.93. The van der Waals surface area contributed by atoms with E-state index in [0.717, 1.165) is 0 Å². The third kappa shape index (κ3) is 4.63. The molecular formula is C11H24O2. The Morgan fingerprint density at radius 1 is 1.00 bits per heavy atom. The second-order valence-corrected chi connectivity index (χ2v) is 4.43. The molecule has 0 rings (SSSR count). The highest BCUT2D eigenvalue weighted by Crippen LogP contribution is 2.30. The average molecular weight is 188 g/mol. The summed E-state index contributed by atoms with van der Waals surface area (Å²) in [5.74, 6) is 0.410. The molecule has 2 heteroatoms. The van der Waals surface area contributed by atoms with Crippen LogP contribution in [0.2, 0.25) is 0 Å². The lowest BCUT2D eigenvalue weighted by atomic mass is 9.81. The van der Waals surface area contributed by atoms with E-state index in [-0.39, 0.29) is 11.7 Å². The predicted molar refractivity (Wildman–Crippen MR) is 55.7 cm³/mol. The van der Waals surface area contributed by atoms with Crippen molar-refractivity contribution in [1.29, 1.82) is 0 Å². The Hall–Kier alpha value is -0.0800. The summed E-state index contributed by atoms with van der Waals surface area (Å²) in [4.78, 5) is 0. The van der Waals surface area contributed by atoms with Crippen molar-refractivity contribution < 1.29 is 9.47 Å². The molecule has 13 heavy (non-hydrogen) atoms. The van der Waals surface area contributed by atoms with Crippen LogP contribution < -0.4 is 0 Å². The highest BCUT2D eigenvalue weighted by Gasteiger charge is 2.29. The maximum Gasteiger partial charge on any atom is 0.160 e. The second-order valence-electron chi connectivity index (χ2n) is 4.43. The summed E-state index contributed by atoms with van der Waals surface area (Å²) < 4.78 is 11.1. The van der Waals surface area contributed by atoms with Crippen LogP contribution >= 0.6 is 0 Å². The van der Waals surface area contributed by atoms with Crippen molar-refractivity contribution >= 4 is 0 Å². The Morgan fingerprint density at radius 3 is 1.62 bits per heavy atom. The van der Waals surface area contributed by atoms with Gasteiger partial charge >= 0.3 is 0 Å². The van der Waals surface area contributed by atoms with E-state index in [1.165, 1.54) is 0 Å². The highest BCUT2D eigenvalue weighted by atomic mass is 16.7. The monoisotopic (exact) mass is 188 g/mol. The van der Waals surface area contributed by atoms with Gasteiger partial charge in [-0.2, -0.15) is 0 Å². The molecule has 2 nitrogen and oxygen atoms in total. The van der Waals surface area contributed by atoms with Gasteiger partial charge in [-0.05, 0) is 19.3 Å². The standard InChI is InChI=1S/C11H24O2/c1-7-12-10(13-8-2)9(3)11(4,5)6/h9-10H,7-8H2,1-6H3. The molecule has 0 aromatic rings. The van der Waals surface area contributed by atoms with Gasteiger partial charge in [0.1, 0.15) is 0 Å². The molecule has 0 spiro atoms. The molecule has 0 aromatic heterocycles. The zero-order valence-corrected chi connectivity index (χ0v) is 9.89. The van der Waals surface area contributed by atoms with Gasteiger partial charge in [0.15, 0.2) is 6.29 Å². The Labute approximate surface area is 82.6 Å². The number of rotatable bonds is 5. The van der Waals surface area contributed by atoms with E-state index in [0.29, 0.717) is 19.1 Å². The molecule has 0 aliphatic rings. The molecule has 0 aliphatic heterocycles. The van der Waals surface area contributed by atoms with Crippen molar-refractivity contribution in [2.24, 2.45) is 11.3 Å². The maximum atomic E-state index is 5.55. The molecule has 1 unspecified atom stereocenters. The Bertz CT molecular complexity index is 121. The zero-order chi connectivity index (χ0) is 10.5. The maximum absolute atomic E-state index is 5.55. The molecule has 0 aliphatic carbocycles. The first kappa shape index (κ1) is 12.9. The third-order valence-electron chi connectivity index (χ3n) is 2.44. The van der Waals surface area contributed by atoms with E-state index in [2.05, 4.69) is 27.7 Å². The first-order valence-electron chi connectivity index (χ1n) is 5.16. The van der Waals surface area contributed by atoms with Gasteiger partial charge < -0.3 is 9.47 Å². The molecule has 0 fully saturated rings. The van der Waals surface area contributed by atoms with Gasteiger partial charge in [-0.15, -0.1) is 0 Å². The van der Waals surface area contributed by atoms with E-state index in [9.17, 15) is 0 Å². The van der Waals surface area contributed by atoms with Crippen LogP contribution in [0.15, 0.2) is 0 Å². The Balaban J connectivity index is 4.18. The van der Waals surface area contributed by atoms with Crippen LogP contribution in [0, 0.1) is 11.3 Å². The quantitative estimate of drug-likeness (QED) is 0.617. The fourth-order valence-electron chi connectivity index (χ4n) is 1.07. The molecular weight excluding hydrogens is 164 g/mol. The van der Waals surface area contributed by atoms with E-state index in [1.54, 1.807) is 0 Å². The molecule has 0 N–H and O–H groups in total. The zero-order valence-electron chi connectivity index (χ0n) is 9.89. The summed E-state index contributed by atoms with van der Waals surface area (Å²) in [5, 5.41) is 0. The molecule has 0 radical (unpaired) electrons. The topological polar surface area (TPSA) is 18.5 Å². The normalized spacial score (nSPS) is 15.0. The van der Waals surface area contributed by atoms with Gasteiger partial charge in [0, 0.05) is 19.1 Å². The minimum Gasteiger partial charge on any atom is -0.353 e. The van der Waals surface area contributed by atoms with Gasteiger partial charge in [-0.25, -0.2) is 0 Å². The minimum atomic E-state index is -0.0602. The lowest BCUT2D eigenvalue weighted by molar-refractivity contribution is -0.181. The molecule has 0 aromatic carbocycles. The van der Waals surface area contributed by atoms with Crippen LogP contribution in [-0.2, 0) is 9.47 Å². The molecule has 0 heterocycles. The van der Waals surface area contributed by atoms with Crippen LogP contribution in [0.25, 0.3) is 0 Å². The van der Waals surface area contributed by atoms with Crippen LogP contribution in [0.4, 0.5) is 0 Å². The molecule has 0 bridgehead atoms. The molecule has 0 saturated heterocycles. The van der Waals surface area contributed by atoms with Gasteiger partial charge in [0.25, 0.3) is 0 Å². The lowest BCUT2D eigenvalue weighted by Gasteiger charge is -2.33. The predicted octanol–water partition coefficient (Wildman–Crippen LogP) is 3.07. The summed E-state index contributed by atoms with van der Waals surface area (Å²) in [6, 6.07) is 0. The summed E-state index contributed by atoms with van der Waals surface area (Å²) in [5.41, 5.74) is 0.231. The van der Waals surface area contributed by atoms with E-state index in [1.807, 2.05) is 13.8 Å². The molecule has 80 valence electrons. The van der Waals surface area contributed by atoms with Gasteiger partial charge in [-0.1, -0.05) is 27.7 Å². The smallest absolute Gasteiger partial charge is 0.160 e. The first-order valence-corrected chi connectivity index (χ1v) is 5.16. The summed E-state index contributed by atoms with van der Waals surface area (Å²) in [6.07, 6.45) is -0.0602. The fraction of sp³-hybridized carbons (Fsp3) is 1.00. The number of hydrogen-bond acceptors (Lipinski definition) is 2. The summed E-state index contributed by atoms with van der Waals surface area (Å²) in [6.45, 7) is 14.2. The number of ether oxygens (including phenoxy) is 2. The number of hydrogen-bond donors (Lipinski definition) is 0. The summed E-state index contributed by atoms with van der Waals surface area (Å²) in [7, 11) is 0. The van der Waals surface area contributed by atoms with Gasteiger partial charge in [0.2, 0.25) is 0 Å². The molecule has 0 saturated carbocycles. The van der Waals surface area contributed by atoms with Crippen molar-refractivity contribution in [3.05, 3.63) is 0 Å². The van der Waals surface area contributed by atoms with Crippen LogP contribution in [0.5, 0.6) is 0 Å². The van der Waals surface area contributed by atoms with Crippen molar-refractivity contribution in [3.8, 4) is 0 Å². The van der Waals surface area contributed by atoms with E-state index < -0.39 is 0 Å². The third-order valence-corrected chi connectivity index (χ3v) is 2.44. The molecule has 0 amide bonds. The highest BCUT2D eigenvalue weighted by molar-refractivity contribution is 4.72. The average Bonchev–Trinajstić information content (AvgIpc) is 2.01. The van der Waals surface area contributed by atoms with E-state index >= 15 is 0 Å². The second kappa shape index (κ2) is 5.61. The van der Waals surface area contributed by atoms with Crippen LogP contribution in [0.1, 0.15) is 41.5 Å². The van der Waals surface area contributed by atoms with Gasteiger partial charge in [0.05, 0.1) is 0 Å². The summed E-state index contributed by atoms with van der Waals surface area (Å²) >= 11 is 0. The van der Waals surface area contributed by atoms with Crippen LogP contribution in [0.3, 0.4) is 0 Å². The Kier molecular flexibility index (Phi) is 5.57. The largest absolute Gasteiger partial charge is 0.353 e. The Morgan fingerprint density at radius 2 is 1.38 bits per heavy atom. The van der Waals surface area contributed by atoms with Crippen molar-refractivity contribution in [3.63, 3.8) is 0 Å². The van der Waals surface area contributed by atoms with E-state index in [4.69, 9.17) is 9.47 Å². The van der Waals surface area contributed by atoms with Crippen molar-refractivity contribution in [2.45, 2.75) is 47.8 Å². The van der Waals surface area contributed by atoms with Crippen LogP contribution in [-0.4, -0.2) is 19.5 Å². The fourth-order valence-corrected chi connectivity index (χ4v) is 1.07. The van der Waals surface area contributed by atoms with Crippen molar-refractivity contribution in [2.75, 3.05) is 13.2 Å². The van der Waals surface area contributed by atoms with Crippen molar-refractivity contribution in [1.82, 2.24) is 0 Å². The SMILES string of the molecule is CCOC(OCC)C(C)C(C)(C)C. The minimum absolute atomic E-state index is 0.0602. The molecule has 1 atom stereocenters.